The molecule has 0 saturated carbocycles. The van der Waals surface area contributed by atoms with Gasteiger partial charge in [0.05, 0.1) is 11.1 Å². The maximum Gasteiger partial charge on any atom is 0.256 e. The van der Waals surface area contributed by atoms with Crippen molar-refractivity contribution in [3.05, 3.63) is 52.1 Å². The molecule has 1 aromatic heterocycles. The van der Waals surface area contributed by atoms with Gasteiger partial charge in [-0.05, 0) is 56.8 Å². The van der Waals surface area contributed by atoms with Crippen molar-refractivity contribution in [3.63, 3.8) is 0 Å². The van der Waals surface area contributed by atoms with E-state index in [4.69, 9.17) is 0 Å². The number of aromatic nitrogens is 1. The van der Waals surface area contributed by atoms with Gasteiger partial charge in [-0.2, -0.15) is 0 Å². The summed E-state index contributed by atoms with van der Waals surface area (Å²) in [5.41, 5.74) is 4.54. The number of fused-ring (bicyclic) bond motifs is 1. The van der Waals surface area contributed by atoms with E-state index in [0.29, 0.717) is 47.5 Å². The number of H-pyrrole nitrogens is 1. The first-order valence-electron chi connectivity index (χ1n) is 9.85. The van der Waals surface area contributed by atoms with Crippen LogP contribution < -0.4 is 10.6 Å². The summed E-state index contributed by atoms with van der Waals surface area (Å²) in [5, 5.41) is 5.73. The van der Waals surface area contributed by atoms with Crippen molar-refractivity contribution in [2.45, 2.75) is 26.7 Å². The Morgan fingerprint density at radius 3 is 2.66 bits per heavy atom. The van der Waals surface area contributed by atoms with E-state index < -0.39 is 5.82 Å². The maximum atomic E-state index is 13.7. The van der Waals surface area contributed by atoms with Crippen molar-refractivity contribution in [1.29, 1.82) is 0 Å². The van der Waals surface area contributed by atoms with Crippen LogP contribution in [0.25, 0.3) is 11.6 Å². The fourth-order valence-corrected chi connectivity index (χ4v) is 3.58. The molecule has 1 aromatic carbocycles. The zero-order chi connectivity index (χ0) is 21.1. The van der Waals surface area contributed by atoms with E-state index in [-0.39, 0.29) is 11.8 Å². The second kappa shape index (κ2) is 8.61. The highest BCUT2D eigenvalue weighted by atomic mass is 19.1. The molecule has 154 valence electrons. The molecule has 2 heterocycles. The third-order valence-electron chi connectivity index (χ3n) is 5.05. The molecule has 0 atom stereocenters. The average molecular weight is 398 g/mol. The van der Waals surface area contributed by atoms with E-state index in [1.54, 1.807) is 12.1 Å². The highest BCUT2D eigenvalue weighted by Crippen LogP contribution is 2.34. The number of nitrogens with one attached hydrogen (secondary N) is 3. The van der Waals surface area contributed by atoms with Gasteiger partial charge in [-0.3, -0.25) is 9.59 Å². The first-order valence-corrected chi connectivity index (χ1v) is 9.85. The molecule has 3 N–H and O–H groups in total. The van der Waals surface area contributed by atoms with Gasteiger partial charge in [0.15, 0.2) is 0 Å². The van der Waals surface area contributed by atoms with Crippen LogP contribution in [0.5, 0.6) is 0 Å². The van der Waals surface area contributed by atoms with Crippen LogP contribution in [0.15, 0.2) is 18.2 Å². The Morgan fingerprint density at radius 2 is 2.00 bits per heavy atom. The van der Waals surface area contributed by atoms with Crippen LogP contribution in [0.2, 0.25) is 0 Å². The van der Waals surface area contributed by atoms with Crippen LogP contribution in [0.4, 0.5) is 10.1 Å². The quantitative estimate of drug-likeness (QED) is 0.628. The molecule has 0 saturated heterocycles. The monoisotopic (exact) mass is 398 g/mol. The van der Waals surface area contributed by atoms with Gasteiger partial charge >= 0.3 is 0 Å². The minimum atomic E-state index is -0.399. The molecule has 2 aromatic rings. The Morgan fingerprint density at radius 1 is 1.24 bits per heavy atom. The van der Waals surface area contributed by atoms with Gasteiger partial charge in [-0.1, -0.05) is 13.8 Å². The van der Waals surface area contributed by atoms with Crippen molar-refractivity contribution in [1.82, 2.24) is 15.2 Å². The van der Waals surface area contributed by atoms with Crippen molar-refractivity contribution in [3.8, 4) is 0 Å². The van der Waals surface area contributed by atoms with Crippen LogP contribution in [0.1, 0.15) is 46.7 Å². The van der Waals surface area contributed by atoms with Crippen molar-refractivity contribution < 1.29 is 14.0 Å². The molecule has 7 heteroatoms. The molecule has 2 amide bonds. The predicted octanol–water partition coefficient (Wildman–Crippen LogP) is 3.06. The Bertz CT molecular complexity index is 975. The molecule has 0 unspecified atom stereocenters. The third kappa shape index (κ3) is 4.24. The number of carbonyl (C=O) groups excluding carboxylic acids is 2. The van der Waals surface area contributed by atoms with Crippen LogP contribution in [-0.2, 0) is 17.6 Å². The maximum absolute atomic E-state index is 13.7. The minimum absolute atomic E-state index is 0.122. The van der Waals surface area contributed by atoms with Gasteiger partial charge in [0, 0.05) is 35.7 Å². The van der Waals surface area contributed by atoms with Gasteiger partial charge in [-0.15, -0.1) is 0 Å². The highest BCUT2D eigenvalue weighted by molar-refractivity contribution is 6.34. The van der Waals surface area contributed by atoms with Gasteiger partial charge in [0.2, 0.25) is 0 Å². The molecule has 0 aliphatic carbocycles. The number of likely N-dealkylation sites (N-methyl/N-ethyl adjacent to an activating group) is 1. The molecule has 1 aliphatic rings. The van der Waals surface area contributed by atoms with Crippen LogP contribution >= 0.6 is 0 Å². The standard InChI is InChI=1S/C22H27FN4O2/c1-5-14-19(12-16-15-11-13(23)7-8-18(15)26-21(16)28)25-17(6-2)20(14)22(29)24-9-10-27(3)4/h7-8,11-12,25H,5-6,9-10H2,1-4H3,(H,24,29)(H,26,28)/b16-12+. The van der Waals surface area contributed by atoms with Crippen LogP contribution in [-0.4, -0.2) is 48.9 Å². The summed E-state index contributed by atoms with van der Waals surface area (Å²) in [6.07, 6.45) is 3.00. The summed E-state index contributed by atoms with van der Waals surface area (Å²) in [7, 11) is 3.91. The topological polar surface area (TPSA) is 77.2 Å². The van der Waals surface area contributed by atoms with Gasteiger partial charge < -0.3 is 20.5 Å². The SMILES string of the molecule is CCc1[nH]c(/C=C2/C(=O)Nc3ccc(F)cc32)c(CC)c1C(=O)NCCN(C)C. The lowest BCUT2D eigenvalue weighted by atomic mass is 10.0. The van der Waals surface area contributed by atoms with E-state index in [2.05, 4.69) is 15.6 Å². The summed E-state index contributed by atoms with van der Waals surface area (Å²) >= 11 is 0. The van der Waals surface area contributed by atoms with Crippen molar-refractivity contribution in [2.24, 2.45) is 0 Å². The summed E-state index contributed by atoms with van der Waals surface area (Å²) in [4.78, 5) is 30.6. The molecular weight excluding hydrogens is 371 g/mol. The van der Waals surface area contributed by atoms with Gasteiger partial charge in [0.25, 0.3) is 11.8 Å². The van der Waals surface area contributed by atoms with E-state index in [1.807, 2.05) is 32.8 Å². The molecular formula is C22H27FN4O2. The predicted molar refractivity (Wildman–Crippen MR) is 113 cm³/mol. The molecule has 1 aliphatic heterocycles. The van der Waals surface area contributed by atoms with E-state index in [0.717, 1.165) is 17.8 Å². The number of hydrogen-bond donors (Lipinski definition) is 3. The van der Waals surface area contributed by atoms with E-state index in [9.17, 15) is 14.0 Å². The number of aromatic amines is 1. The number of benzene rings is 1. The number of nitrogens with zero attached hydrogens (tertiary/aromatic N) is 1. The zero-order valence-electron chi connectivity index (χ0n) is 17.3. The molecule has 0 radical (unpaired) electrons. The van der Waals surface area contributed by atoms with Gasteiger partial charge in [0.1, 0.15) is 5.82 Å². The lowest BCUT2D eigenvalue weighted by molar-refractivity contribution is -0.110. The molecule has 6 nitrogen and oxygen atoms in total. The average Bonchev–Trinajstić information content (AvgIpc) is 3.18. The Labute approximate surface area is 170 Å². The lowest BCUT2D eigenvalue weighted by Gasteiger charge is -2.11. The Hall–Kier alpha value is -2.93. The molecule has 0 fully saturated rings. The molecule has 0 spiro atoms. The number of anilines is 1. The second-order valence-corrected chi connectivity index (χ2v) is 7.34. The fraction of sp³-hybridized carbons (Fsp3) is 0.364. The first-order chi connectivity index (χ1) is 13.8. The smallest absolute Gasteiger partial charge is 0.256 e. The lowest BCUT2D eigenvalue weighted by Crippen LogP contribution is -2.32. The minimum Gasteiger partial charge on any atom is -0.358 e. The first kappa shape index (κ1) is 20.8. The fourth-order valence-electron chi connectivity index (χ4n) is 3.58. The summed E-state index contributed by atoms with van der Waals surface area (Å²) in [5.74, 6) is -0.801. The largest absolute Gasteiger partial charge is 0.358 e. The molecule has 29 heavy (non-hydrogen) atoms. The number of aryl methyl sites for hydroxylation is 1. The number of hydrogen-bond acceptors (Lipinski definition) is 3. The highest BCUT2D eigenvalue weighted by Gasteiger charge is 2.26. The third-order valence-corrected chi connectivity index (χ3v) is 5.05. The number of halogens is 1. The number of rotatable bonds is 7. The zero-order valence-corrected chi connectivity index (χ0v) is 17.3. The van der Waals surface area contributed by atoms with E-state index in [1.165, 1.54) is 12.1 Å². The number of carbonyl (C=O) groups is 2. The van der Waals surface area contributed by atoms with Crippen molar-refractivity contribution >= 4 is 29.2 Å². The summed E-state index contributed by atoms with van der Waals surface area (Å²) in [6.45, 7) is 5.25. The normalized spacial score (nSPS) is 14.4. The van der Waals surface area contributed by atoms with Gasteiger partial charge in [-0.25, -0.2) is 4.39 Å². The number of amides is 2. The Balaban J connectivity index is 2.00. The van der Waals surface area contributed by atoms with Crippen LogP contribution in [0, 0.1) is 5.82 Å². The summed E-state index contributed by atoms with van der Waals surface area (Å²) in [6, 6.07) is 4.22. The molecule has 3 rings (SSSR count). The summed E-state index contributed by atoms with van der Waals surface area (Å²) < 4.78 is 13.7. The van der Waals surface area contributed by atoms with Crippen molar-refractivity contribution in [2.75, 3.05) is 32.5 Å². The van der Waals surface area contributed by atoms with E-state index >= 15 is 0 Å². The Kier molecular flexibility index (Phi) is 6.17. The van der Waals surface area contributed by atoms with Crippen LogP contribution in [0.3, 0.4) is 0 Å². The molecule has 0 bridgehead atoms. The second-order valence-electron chi connectivity index (χ2n) is 7.34.